The van der Waals surface area contributed by atoms with Gasteiger partial charge in [0.05, 0.1) is 0 Å². The molecule has 2 aromatic rings. The first-order chi connectivity index (χ1) is 9.99. The molecule has 9 heteroatoms. The van der Waals surface area contributed by atoms with Gasteiger partial charge in [-0.1, -0.05) is 18.3 Å². The van der Waals surface area contributed by atoms with E-state index in [1.165, 1.54) is 23.5 Å². The third-order valence-electron chi connectivity index (χ3n) is 2.47. The van der Waals surface area contributed by atoms with Crippen LogP contribution >= 0.6 is 11.3 Å². The SMILES string of the molecule is CCc1nnc(NC(=O)Nc2ccc(O)c(C(=O)O)c2)s1. The highest BCUT2D eigenvalue weighted by molar-refractivity contribution is 7.15. The van der Waals surface area contributed by atoms with Crippen molar-refractivity contribution in [2.24, 2.45) is 0 Å². The molecule has 2 rings (SSSR count). The van der Waals surface area contributed by atoms with Crippen LogP contribution < -0.4 is 10.6 Å². The van der Waals surface area contributed by atoms with E-state index in [1.807, 2.05) is 6.92 Å². The number of anilines is 2. The zero-order chi connectivity index (χ0) is 15.4. The van der Waals surface area contributed by atoms with Gasteiger partial charge in [0.15, 0.2) is 0 Å². The molecule has 0 aliphatic heterocycles. The number of nitrogens with zero attached hydrogens (tertiary/aromatic N) is 2. The Morgan fingerprint density at radius 1 is 1.29 bits per heavy atom. The molecule has 1 aromatic carbocycles. The fourth-order valence-corrected chi connectivity index (χ4v) is 2.17. The maximum Gasteiger partial charge on any atom is 0.339 e. The molecule has 0 bridgehead atoms. The Morgan fingerprint density at radius 3 is 2.67 bits per heavy atom. The van der Waals surface area contributed by atoms with Crippen molar-refractivity contribution in [1.82, 2.24) is 10.2 Å². The Morgan fingerprint density at radius 2 is 2.05 bits per heavy atom. The highest BCUT2D eigenvalue weighted by atomic mass is 32.1. The maximum absolute atomic E-state index is 11.8. The molecule has 21 heavy (non-hydrogen) atoms. The van der Waals surface area contributed by atoms with E-state index in [9.17, 15) is 14.7 Å². The summed E-state index contributed by atoms with van der Waals surface area (Å²) in [5.41, 5.74) is -0.0556. The Kier molecular flexibility index (Phi) is 4.33. The second-order valence-electron chi connectivity index (χ2n) is 3.97. The van der Waals surface area contributed by atoms with Gasteiger partial charge in [0, 0.05) is 5.69 Å². The van der Waals surface area contributed by atoms with Gasteiger partial charge in [-0.15, -0.1) is 10.2 Å². The van der Waals surface area contributed by atoms with Gasteiger partial charge in [-0.3, -0.25) is 5.32 Å². The second kappa shape index (κ2) is 6.18. The minimum absolute atomic E-state index is 0.239. The van der Waals surface area contributed by atoms with Gasteiger partial charge in [0.2, 0.25) is 5.13 Å². The van der Waals surface area contributed by atoms with E-state index in [0.29, 0.717) is 5.13 Å². The normalized spacial score (nSPS) is 10.1. The van der Waals surface area contributed by atoms with E-state index in [4.69, 9.17) is 5.11 Å². The van der Waals surface area contributed by atoms with Crippen LogP contribution in [-0.2, 0) is 6.42 Å². The molecular weight excluding hydrogens is 296 g/mol. The number of amides is 2. The number of benzene rings is 1. The van der Waals surface area contributed by atoms with E-state index < -0.39 is 12.0 Å². The Balaban J connectivity index is 2.05. The van der Waals surface area contributed by atoms with Crippen molar-refractivity contribution < 1.29 is 19.8 Å². The Labute approximate surface area is 123 Å². The lowest BCUT2D eigenvalue weighted by atomic mass is 10.2. The lowest BCUT2D eigenvalue weighted by Crippen LogP contribution is -2.19. The third kappa shape index (κ3) is 3.66. The van der Waals surface area contributed by atoms with Gasteiger partial charge in [0.25, 0.3) is 0 Å². The van der Waals surface area contributed by atoms with Crippen LogP contribution in [-0.4, -0.2) is 32.4 Å². The first-order valence-corrected chi connectivity index (χ1v) is 6.78. The van der Waals surface area contributed by atoms with Crippen molar-refractivity contribution in [2.45, 2.75) is 13.3 Å². The molecule has 0 atom stereocenters. The molecule has 1 heterocycles. The van der Waals surface area contributed by atoms with Crippen LogP contribution in [0, 0.1) is 0 Å². The topological polar surface area (TPSA) is 124 Å². The molecule has 0 aliphatic rings. The summed E-state index contributed by atoms with van der Waals surface area (Å²) < 4.78 is 0. The molecule has 0 spiro atoms. The summed E-state index contributed by atoms with van der Waals surface area (Å²) in [6.45, 7) is 1.92. The quantitative estimate of drug-likeness (QED) is 0.641. The van der Waals surface area contributed by atoms with Crippen LogP contribution in [0.15, 0.2) is 18.2 Å². The molecule has 110 valence electrons. The molecule has 2 amide bonds. The number of aromatic carboxylic acids is 1. The van der Waals surface area contributed by atoms with Gasteiger partial charge >= 0.3 is 12.0 Å². The number of urea groups is 1. The molecule has 0 unspecified atom stereocenters. The molecule has 4 N–H and O–H groups in total. The maximum atomic E-state index is 11.8. The van der Waals surface area contributed by atoms with Crippen LogP contribution in [0.1, 0.15) is 22.3 Å². The second-order valence-corrected chi connectivity index (χ2v) is 5.03. The van der Waals surface area contributed by atoms with Crippen molar-refractivity contribution in [3.05, 3.63) is 28.8 Å². The standard InChI is InChI=1S/C12H12N4O4S/c1-2-9-15-16-12(21-9)14-11(20)13-6-3-4-8(17)7(5-6)10(18)19/h3-5,17H,2H2,1H3,(H,18,19)(H2,13,14,16,20). The highest BCUT2D eigenvalue weighted by Gasteiger charge is 2.12. The minimum Gasteiger partial charge on any atom is -0.507 e. The van der Waals surface area contributed by atoms with E-state index >= 15 is 0 Å². The number of carbonyl (C=O) groups excluding carboxylic acids is 1. The molecule has 1 aromatic heterocycles. The Hall–Kier alpha value is -2.68. The summed E-state index contributed by atoms with van der Waals surface area (Å²) in [6, 6.07) is 3.17. The third-order valence-corrected chi connectivity index (χ3v) is 3.46. The minimum atomic E-state index is -1.28. The number of carboxylic acids is 1. The number of phenols is 1. The molecule has 0 fully saturated rings. The highest BCUT2D eigenvalue weighted by Crippen LogP contribution is 2.22. The largest absolute Gasteiger partial charge is 0.507 e. The van der Waals surface area contributed by atoms with Gasteiger partial charge in [-0.05, 0) is 24.6 Å². The van der Waals surface area contributed by atoms with E-state index in [2.05, 4.69) is 20.8 Å². The van der Waals surface area contributed by atoms with Gasteiger partial charge in [0.1, 0.15) is 16.3 Å². The fraction of sp³-hybridized carbons (Fsp3) is 0.167. The zero-order valence-electron chi connectivity index (χ0n) is 11.0. The van der Waals surface area contributed by atoms with E-state index in [1.54, 1.807) is 0 Å². The summed E-state index contributed by atoms with van der Waals surface area (Å²) in [6.07, 6.45) is 0.723. The number of aromatic hydroxyl groups is 1. The lowest BCUT2D eigenvalue weighted by molar-refractivity contribution is 0.0693. The van der Waals surface area contributed by atoms with Crippen molar-refractivity contribution in [3.63, 3.8) is 0 Å². The number of aryl methyl sites for hydroxylation is 1. The van der Waals surface area contributed by atoms with Crippen molar-refractivity contribution in [3.8, 4) is 5.75 Å². The number of hydrogen-bond acceptors (Lipinski definition) is 6. The Bertz CT molecular complexity index is 686. The first-order valence-electron chi connectivity index (χ1n) is 5.96. The van der Waals surface area contributed by atoms with E-state index in [-0.39, 0.29) is 17.0 Å². The number of rotatable bonds is 4. The van der Waals surface area contributed by atoms with Crippen molar-refractivity contribution >= 4 is 34.2 Å². The molecule has 0 saturated heterocycles. The van der Waals surface area contributed by atoms with Crippen molar-refractivity contribution in [2.75, 3.05) is 10.6 Å². The lowest BCUT2D eigenvalue weighted by Gasteiger charge is -2.07. The summed E-state index contributed by atoms with van der Waals surface area (Å²) in [5.74, 6) is -1.65. The predicted octanol–water partition coefficient (Wildman–Crippen LogP) is 2.15. The van der Waals surface area contributed by atoms with Crippen molar-refractivity contribution in [1.29, 1.82) is 0 Å². The summed E-state index contributed by atoms with van der Waals surface area (Å²) in [7, 11) is 0. The average Bonchev–Trinajstić information content (AvgIpc) is 2.88. The monoisotopic (exact) mass is 308 g/mol. The molecule has 0 aliphatic carbocycles. The van der Waals surface area contributed by atoms with E-state index in [0.717, 1.165) is 17.5 Å². The fourth-order valence-electron chi connectivity index (χ4n) is 1.49. The zero-order valence-corrected chi connectivity index (χ0v) is 11.8. The van der Waals surface area contributed by atoms with Crippen LogP contribution in [0.3, 0.4) is 0 Å². The molecule has 0 radical (unpaired) electrons. The molecule has 0 saturated carbocycles. The summed E-state index contributed by atoms with van der Waals surface area (Å²) in [5, 5.41) is 32.0. The van der Waals surface area contributed by atoms with Gasteiger partial charge in [-0.25, -0.2) is 9.59 Å². The van der Waals surface area contributed by atoms with Gasteiger partial charge in [-0.2, -0.15) is 0 Å². The van der Waals surface area contributed by atoms with Gasteiger partial charge < -0.3 is 15.5 Å². The number of carbonyl (C=O) groups is 2. The number of nitrogens with one attached hydrogen (secondary N) is 2. The van der Waals surface area contributed by atoms with Crippen LogP contribution in [0.2, 0.25) is 0 Å². The average molecular weight is 308 g/mol. The number of hydrogen-bond donors (Lipinski definition) is 4. The van der Waals surface area contributed by atoms with Crippen LogP contribution in [0.4, 0.5) is 15.6 Å². The van der Waals surface area contributed by atoms with Crippen LogP contribution in [0.25, 0.3) is 0 Å². The summed E-state index contributed by atoms with van der Waals surface area (Å²) in [4.78, 5) is 22.6. The number of aromatic nitrogens is 2. The molecular formula is C12H12N4O4S. The smallest absolute Gasteiger partial charge is 0.339 e. The molecule has 8 nitrogen and oxygen atoms in total. The predicted molar refractivity (Wildman–Crippen MR) is 77.0 cm³/mol. The number of carboxylic acid groups (broad SMARTS) is 1. The van der Waals surface area contributed by atoms with Crippen LogP contribution in [0.5, 0.6) is 5.75 Å². The first kappa shape index (κ1) is 14.7. The summed E-state index contributed by atoms with van der Waals surface area (Å²) >= 11 is 1.25.